The van der Waals surface area contributed by atoms with Gasteiger partial charge in [0.2, 0.25) is 5.91 Å². The van der Waals surface area contributed by atoms with Crippen molar-refractivity contribution < 1.29 is 4.79 Å². The van der Waals surface area contributed by atoms with E-state index >= 15 is 0 Å². The van der Waals surface area contributed by atoms with Crippen LogP contribution in [0.5, 0.6) is 0 Å². The second-order valence-electron chi connectivity index (χ2n) is 6.27. The summed E-state index contributed by atoms with van der Waals surface area (Å²) in [6.07, 6.45) is 0. The van der Waals surface area contributed by atoms with E-state index in [1.54, 1.807) is 6.07 Å². The molecule has 7 heteroatoms. The third kappa shape index (κ3) is 6.78. The average molecular weight is 442 g/mol. The van der Waals surface area contributed by atoms with Crippen LogP contribution in [0.1, 0.15) is 5.56 Å². The first-order valence-corrected chi connectivity index (χ1v) is 10.7. The summed E-state index contributed by atoms with van der Waals surface area (Å²) in [7, 11) is 0. The van der Waals surface area contributed by atoms with Crippen molar-refractivity contribution in [2.24, 2.45) is 0 Å². The minimum atomic E-state index is -0.0784. The molecule has 29 heavy (non-hydrogen) atoms. The van der Waals surface area contributed by atoms with Gasteiger partial charge in [0.05, 0.1) is 5.75 Å². The van der Waals surface area contributed by atoms with E-state index < -0.39 is 0 Å². The molecular weight excluding hydrogens is 422 g/mol. The molecule has 4 nitrogen and oxygen atoms in total. The molecule has 0 unspecified atom stereocenters. The largest absolute Gasteiger partial charge is 0.332 e. The van der Waals surface area contributed by atoms with Gasteiger partial charge in [0.25, 0.3) is 0 Å². The van der Waals surface area contributed by atoms with Crippen molar-refractivity contribution in [3.63, 3.8) is 0 Å². The Morgan fingerprint density at radius 3 is 2.17 bits per heavy atom. The van der Waals surface area contributed by atoms with Crippen LogP contribution in [0.4, 0.5) is 17.1 Å². The Morgan fingerprint density at radius 2 is 1.52 bits per heavy atom. The lowest BCUT2D eigenvalue weighted by Crippen LogP contribution is -2.18. The van der Waals surface area contributed by atoms with Gasteiger partial charge in [-0.25, -0.2) is 0 Å². The number of anilines is 3. The fraction of sp³-hybridized carbons (Fsp3) is 0.0909. The first-order chi connectivity index (χ1) is 14.0. The SMILES string of the molecule is Cc1ccc(NC(=O)CSc2ccc(NC(=S)Nc3ccccc3)cc2)cc1Cl. The minimum Gasteiger partial charge on any atom is -0.332 e. The fourth-order valence-corrected chi connectivity index (χ4v) is 3.58. The Morgan fingerprint density at radius 1 is 0.897 bits per heavy atom. The normalized spacial score (nSPS) is 10.3. The van der Waals surface area contributed by atoms with E-state index in [1.807, 2.05) is 73.7 Å². The van der Waals surface area contributed by atoms with Crippen LogP contribution in [0.25, 0.3) is 0 Å². The number of hydrogen-bond acceptors (Lipinski definition) is 3. The highest BCUT2D eigenvalue weighted by Crippen LogP contribution is 2.23. The van der Waals surface area contributed by atoms with Crippen molar-refractivity contribution >= 4 is 63.7 Å². The highest BCUT2D eigenvalue weighted by atomic mass is 35.5. The average Bonchev–Trinajstić information content (AvgIpc) is 2.71. The summed E-state index contributed by atoms with van der Waals surface area (Å²) in [6, 6.07) is 23.0. The maximum atomic E-state index is 12.2. The number of thioether (sulfide) groups is 1. The van der Waals surface area contributed by atoms with Gasteiger partial charge in [0.1, 0.15) is 0 Å². The summed E-state index contributed by atoms with van der Waals surface area (Å²) in [4.78, 5) is 13.2. The fourth-order valence-electron chi connectivity index (χ4n) is 2.47. The van der Waals surface area contributed by atoms with Crippen LogP contribution in [0.15, 0.2) is 77.7 Å². The zero-order valence-corrected chi connectivity index (χ0v) is 18.1. The Balaban J connectivity index is 1.46. The molecule has 0 aromatic heterocycles. The molecule has 0 aliphatic heterocycles. The molecule has 0 bridgehead atoms. The Kier molecular flexibility index (Phi) is 7.52. The van der Waals surface area contributed by atoms with Gasteiger partial charge >= 0.3 is 0 Å². The number of rotatable bonds is 6. The predicted octanol–water partition coefficient (Wildman–Crippen LogP) is 6.19. The molecule has 3 aromatic carbocycles. The summed E-state index contributed by atoms with van der Waals surface area (Å²) in [5.41, 5.74) is 3.48. The molecule has 0 saturated heterocycles. The second-order valence-corrected chi connectivity index (χ2v) is 8.13. The zero-order chi connectivity index (χ0) is 20.6. The van der Waals surface area contributed by atoms with E-state index in [-0.39, 0.29) is 5.91 Å². The van der Waals surface area contributed by atoms with Crippen LogP contribution in [0.3, 0.4) is 0 Å². The first-order valence-electron chi connectivity index (χ1n) is 8.91. The van der Waals surface area contributed by atoms with E-state index in [2.05, 4.69) is 16.0 Å². The molecule has 0 fully saturated rings. The van der Waals surface area contributed by atoms with Gasteiger partial charge in [0, 0.05) is 27.0 Å². The Hall–Kier alpha value is -2.54. The summed E-state index contributed by atoms with van der Waals surface area (Å²) in [5, 5.41) is 10.3. The molecular formula is C22H20ClN3OS2. The number of carbonyl (C=O) groups excluding carboxylic acids is 1. The lowest BCUT2D eigenvalue weighted by molar-refractivity contribution is -0.113. The van der Waals surface area contributed by atoms with E-state index in [9.17, 15) is 4.79 Å². The molecule has 0 heterocycles. The number of amides is 1. The maximum absolute atomic E-state index is 12.2. The molecule has 1 amide bonds. The van der Waals surface area contributed by atoms with E-state index in [1.165, 1.54) is 11.8 Å². The second kappa shape index (κ2) is 10.3. The molecule has 0 aliphatic rings. The van der Waals surface area contributed by atoms with Crippen molar-refractivity contribution in [1.29, 1.82) is 0 Å². The number of benzene rings is 3. The number of para-hydroxylation sites is 1. The van der Waals surface area contributed by atoms with Gasteiger partial charge in [-0.2, -0.15) is 0 Å². The monoisotopic (exact) mass is 441 g/mol. The molecule has 0 radical (unpaired) electrons. The molecule has 0 aliphatic carbocycles. The van der Waals surface area contributed by atoms with Gasteiger partial charge in [-0.05, 0) is 73.2 Å². The van der Waals surface area contributed by atoms with Crippen LogP contribution >= 0.6 is 35.6 Å². The highest BCUT2D eigenvalue weighted by molar-refractivity contribution is 8.00. The van der Waals surface area contributed by atoms with Gasteiger partial charge in [-0.15, -0.1) is 11.8 Å². The number of nitrogens with one attached hydrogen (secondary N) is 3. The Labute approximate surface area is 185 Å². The summed E-state index contributed by atoms with van der Waals surface area (Å²) in [5.74, 6) is 0.233. The number of hydrogen-bond donors (Lipinski definition) is 3. The molecule has 148 valence electrons. The number of aryl methyl sites for hydroxylation is 1. The topological polar surface area (TPSA) is 53.2 Å². The summed E-state index contributed by atoms with van der Waals surface area (Å²) in [6.45, 7) is 1.92. The smallest absolute Gasteiger partial charge is 0.234 e. The quantitative estimate of drug-likeness (QED) is 0.314. The predicted molar refractivity (Wildman–Crippen MR) is 128 cm³/mol. The summed E-state index contributed by atoms with van der Waals surface area (Å²) < 4.78 is 0. The summed E-state index contributed by atoms with van der Waals surface area (Å²) >= 11 is 12.9. The molecule has 3 N–H and O–H groups in total. The van der Waals surface area contributed by atoms with Crippen molar-refractivity contribution in [3.8, 4) is 0 Å². The standard InChI is InChI=1S/C22H20ClN3OS2/c1-15-7-8-18(13-20(15)23)24-21(27)14-29-19-11-9-17(10-12-19)26-22(28)25-16-5-3-2-4-6-16/h2-13H,14H2,1H3,(H,24,27)(H2,25,26,28). The maximum Gasteiger partial charge on any atom is 0.234 e. The van der Waals surface area contributed by atoms with E-state index in [0.717, 1.165) is 21.8 Å². The van der Waals surface area contributed by atoms with E-state index in [4.69, 9.17) is 23.8 Å². The third-order valence-electron chi connectivity index (χ3n) is 3.97. The molecule has 0 saturated carbocycles. The van der Waals surface area contributed by atoms with Crippen molar-refractivity contribution in [2.75, 3.05) is 21.7 Å². The Bertz CT molecular complexity index is 995. The van der Waals surface area contributed by atoms with Gasteiger partial charge in [-0.1, -0.05) is 35.9 Å². The molecule has 3 rings (SSSR count). The lowest BCUT2D eigenvalue weighted by atomic mass is 10.2. The highest BCUT2D eigenvalue weighted by Gasteiger charge is 2.06. The number of thiocarbonyl (C=S) groups is 1. The first kappa shape index (κ1) is 21.2. The zero-order valence-electron chi connectivity index (χ0n) is 15.7. The van der Waals surface area contributed by atoms with Crippen LogP contribution in [0, 0.1) is 6.92 Å². The van der Waals surface area contributed by atoms with Crippen LogP contribution in [0.2, 0.25) is 5.02 Å². The minimum absolute atomic E-state index is 0.0784. The molecule has 0 atom stereocenters. The lowest BCUT2D eigenvalue weighted by Gasteiger charge is -2.11. The van der Waals surface area contributed by atoms with E-state index in [0.29, 0.717) is 21.6 Å². The van der Waals surface area contributed by atoms with Crippen molar-refractivity contribution in [2.45, 2.75) is 11.8 Å². The molecule has 0 spiro atoms. The van der Waals surface area contributed by atoms with Crippen molar-refractivity contribution in [3.05, 3.63) is 83.4 Å². The number of carbonyl (C=O) groups is 1. The molecule has 3 aromatic rings. The van der Waals surface area contributed by atoms with Crippen LogP contribution < -0.4 is 16.0 Å². The number of halogens is 1. The van der Waals surface area contributed by atoms with Gasteiger partial charge < -0.3 is 16.0 Å². The van der Waals surface area contributed by atoms with Crippen LogP contribution in [-0.2, 0) is 4.79 Å². The van der Waals surface area contributed by atoms with Crippen LogP contribution in [-0.4, -0.2) is 16.8 Å². The van der Waals surface area contributed by atoms with Crippen molar-refractivity contribution in [1.82, 2.24) is 0 Å². The van der Waals surface area contributed by atoms with Gasteiger partial charge in [0.15, 0.2) is 5.11 Å². The van der Waals surface area contributed by atoms with Gasteiger partial charge in [-0.3, -0.25) is 4.79 Å². The third-order valence-corrected chi connectivity index (χ3v) is 5.59.